The molecule has 7 heteroatoms. The molecule has 20 heavy (non-hydrogen) atoms. The smallest absolute Gasteiger partial charge is 0.294 e. The van der Waals surface area contributed by atoms with E-state index in [2.05, 4.69) is 0 Å². The summed E-state index contributed by atoms with van der Waals surface area (Å²) in [5.41, 5.74) is 0.956. The summed E-state index contributed by atoms with van der Waals surface area (Å²) in [7, 11) is -4.02. The summed E-state index contributed by atoms with van der Waals surface area (Å²) >= 11 is 0. The molecule has 1 aromatic carbocycles. The van der Waals surface area contributed by atoms with Crippen LogP contribution in [0.5, 0.6) is 0 Å². The van der Waals surface area contributed by atoms with Gasteiger partial charge in [0.25, 0.3) is 10.1 Å². The van der Waals surface area contributed by atoms with Gasteiger partial charge in [0.05, 0.1) is 4.90 Å². The van der Waals surface area contributed by atoms with Gasteiger partial charge < -0.3 is 10.2 Å². The van der Waals surface area contributed by atoms with Crippen LogP contribution >= 0.6 is 0 Å². The Balaban J connectivity index is -0.000000272. The molecule has 0 atom stereocenters. The summed E-state index contributed by atoms with van der Waals surface area (Å²) in [4.78, 5) is -0.0666. The number of hydrogen-bond acceptors (Lipinski definition) is 4. The first-order valence-corrected chi connectivity index (χ1v) is 7.53. The van der Waals surface area contributed by atoms with Crippen molar-refractivity contribution in [3.8, 4) is 0 Å². The number of aliphatic hydroxyl groups is 2. The van der Waals surface area contributed by atoms with Crippen LogP contribution in [0.4, 0.5) is 0 Å². The third-order valence-electron chi connectivity index (χ3n) is 1.77. The predicted molar refractivity (Wildman–Crippen MR) is 75.7 cm³/mol. The molecule has 0 aliphatic rings. The molecule has 0 fully saturated rings. The van der Waals surface area contributed by atoms with E-state index in [0.717, 1.165) is 18.4 Å². The fraction of sp³-hybridized carbons (Fsp3) is 0.538. The SMILES string of the molecule is CCCO.CCCO.Cc1ccc(S(=O)(=O)O)cc1.[Ti]. The molecule has 116 valence electrons. The van der Waals surface area contributed by atoms with Crippen molar-refractivity contribution < 1.29 is 44.9 Å². The minimum Gasteiger partial charge on any atom is -0.396 e. The van der Waals surface area contributed by atoms with Gasteiger partial charge in [-0.3, -0.25) is 4.55 Å². The summed E-state index contributed by atoms with van der Waals surface area (Å²) in [6.07, 6.45) is 1.75. The topological polar surface area (TPSA) is 94.8 Å². The Kier molecular flexibility index (Phi) is 18.8. The molecule has 5 nitrogen and oxygen atoms in total. The van der Waals surface area contributed by atoms with Gasteiger partial charge in [-0.15, -0.1) is 0 Å². The predicted octanol–water partition coefficient (Wildman–Crippen LogP) is 2.02. The maximum absolute atomic E-state index is 10.5. The standard InChI is InChI=1S/C7H8O3S.2C3H8O.Ti/c1-6-2-4-7(5-3-6)11(8,9)10;2*1-2-3-4;/h2-5H,1H3,(H,8,9,10);2*4H,2-3H2,1H3;. The average molecular weight is 340 g/mol. The van der Waals surface area contributed by atoms with Crippen LogP contribution in [0.3, 0.4) is 0 Å². The third kappa shape index (κ3) is 15.8. The Bertz CT molecular complexity index is 395. The van der Waals surface area contributed by atoms with E-state index in [1.807, 2.05) is 20.8 Å². The van der Waals surface area contributed by atoms with E-state index in [-0.39, 0.29) is 26.6 Å². The average Bonchev–Trinajstić information content (AvgIpc) is 2.39. The number of aliphatic hydroxyl groups excluding tert-OH is 2. The minimum absolute atomic E-state index is 0. The second-order valence-electron chi connectivity index (χ2n) is 3.74. The molecule has 3 N–H and O–H groups in total. The zero-order valence-corrected chi connectivity index (χ0v) is 14.6. The largest absolute Gasteiger partial charge is 0.396 e. The Hall–Kier alpha value is -0.236. The van der Waals surface area contributed by atoms with Crippen molar-refractivity contribution in [2.45, 2.75) is 38.5 Å². The van der Waals surface area contributed by atoms with Gasteiger partial charge in [-0.25, -0.2) is 0 Å². The van der Waals surface area contributed by atoms with E-state index < -0.39 is 10.1 Å². The summed E-state index contributed by atoms with van der Waals surface area (Å²) < 4.78 is 29.6. The van der Waals surface area contributed by atoms with Gasteiger partial charge in [0.2, 0.25) is 0 Å². The van der Waals surface area contributed by atoms with E-state index in [9.17, 15) is 8.42 Å². The Morgan fingerprint density at radius 3 is 1.45 bits per heavy atom. The van der Waals surface area contributed by atoms with Gasteiger partial charge in [-0.05, 0) is 31.9 Å². The van der Waals surface area contributed by atoms with Crippen LogP contribution in [-0.2, 0) is 31.8 Å². The number of rotatable bonds is 3. The number of hydrogen-bond donors (Lipinski definition) is 3. The second kappa shape index (κ2) is 15.2. The molecule has 0 unspecified atom stereocenters. The Morgan fingerprint density at radius 1 is 0.950 bits per heavy atom. The summed E-state index contributed by atoms with van der Waals surface area (Å²) in [6, 6.07) is 5.99. The van der Waals surface area contributed by atoms with E-state index >= 15 is 0 Å². The van der Waals surface area contributed by atoms with Crippen molar-refractivity contribution in [2.75, 3.05) is 13.2 Å². The molecule has 0 aromatic heterocycles. The van der Waals surface area contributed by atoms with Gasteiger partial charge >= 0.3 is 0 Å². The molecule has 0 amide bonds. The molecule has 0 radical (unpaired) electrons. The van der Waals surface area contributed by atoms with E-state index in [1.165, 1.54) is 12.1 Å². The maximum atomic E-state index is 10.5. The molecule has 0 saturated heterocycles. The van der Waals surface area contributed by atoms with Crippen LogP contribution in [-0.4, -0.2) is 36.4 Å². The summed E-state index contributed by atoms with van der Waals surface area (Å²) in [5, 5.41) is 15.8. The number of benzene rings is 1. The van der Waals surface area contributed by atoms with Crippen LogP contribution in [0.1, 0.15) is 32.3 Å². The van der Waals surface area contributed by atoms with Gasteiger partial charge in [0, 0.05) is 34.9 Å². The molecular formula is C13H24O5STi. The molecule has 0 aliphatic carbocycles. The zero-order valence-electron chi connectivity index (χ0n) is 12.2. The van der Waals surface area contributed by atoms with Crippen LogP contribution in [0, 0.1) is 6.92 Å². The van der Waals surface area contributed by atoms with Gasteiger partial charge in [0.15, 0.2) is 0 Å². The van der Waals surface area contributed by atoms with E-state index in [0.29, 0.717) is 13.2 Å². The van der Waals surface area contributed by atoms with E-state index in [1.54, 1.807) is 12.1 Å². The second-order valence-corrected chi connectivity index (χ2v) is 5.16. The quantitative estimate of drug-likeness (QED) is 0.578. The molecule has 0 heterocycles. The monoisotopic (exact) mass is 340 g/mol. The van der Waals surface area contributed by atoms with E-state index in [4.69, 9.17) is 14.8 Å². The van der Waals surface area contributed by atoms with Crippen LogP contribution in [0.25, 0.3) is 0 Å². The molecule has 0 bridgehead atoms. The molecule has 0 saturated carbocycles. The van der Waals surface area contributed by atoms with Gasteiger partial charge in [-0.2, -0.15) is 8.42 Å². The fourth-order valence-electron chi connectivity index (χ4n) is 0.710. The van der Waals surface area contributed by atoms with Gasteiger partial charge in [-0.1, -0.05) is 31.5 Å². The van der Waals surface area contributed by atoms with Crippen LogP contribution in [0.15, 0.2) is 29.2 Å². The minimum atomic E-state index is -4.02. The third-order valence-corrected chi connectivity index (χ3v) is 2.63. The first-order chi connectivity index (χ1) is 8.83. The van der Waals surface area contributed by atoms with Crippen molar-refractivity contribution >= 4 is 10.1 Å². The van der Waals surface area contributed by atoms with Crippen molar-refractivity contribution in [1.82, 2.24) is 0 Å². The number of aryl methyl sites for hydroxylation is 1. The van der Waals surface area contributed by atoms with Crippen LogP contribution < -0.4 is 0 Å². The van der Waals surface area contributed by atoms with Gasteiger partial charge in [0.1, 0.15) is 0 Å². The first kappa shape index (κ1) is 24.8. The fourth-order valence-corrected chi connectivity index (χ4v) is 1.19. The normalized spacial score (nSPS) is 9.30. The molecule has 1 aromatic rings. The molecule has 1 rings (SSSR count). The van der Waals surface area contributed by atoms with Crippen molar-refractivity contribution in [3.05, 3.63) is 29.8 Å². The Morgan fingerprint density at radius 2 is 1.25 bits per heavy atom. The molecule has 0 spiro atoms. The Labute approximate surface area is 136 Å². The zero-order chi connectivity index (χ0) is 15.3. The maximum Gasteiger partial charge on any atom is 0.294 e. The van der Waals surface area contributed by atoms with Crippen molar-refractivity contribution in [3.63, 3.8) is 0 Å². The van der Waals surface area contributed by atoms with Crippen LogP contribution in [0.2, 0.25) is 0 Å². The van der Waals surface area contributed by atoms with Crippen molar-refractivity contribution in [1.29, 1.82) is 0 Å². The first-order valence-electron chi connectivity index (χ1n) is 6.09. The molecule has 0 aliphatic heterocycles. The summed E-state index contributed by atoms with van der Waals surface area (Å²) in [5.74, 6) is 0. The summed E-state index contributed by atoms with van der Waals surface area (Å²) in [6.45, 7) is 6.34. The van der Waals surface area contributed by atoms with Crippen molar-refractivity contribution in [2.24, 2.45) is 0 Å². The molecular weight excluding hydrogens is 316 g/mol.